The van der Waals surface area contributed by atoms with Gasteiger partial charge in [0.25, 0.3) is 5.69 Å². The lowest BCUT2D eigenvalue weighted by molar-refractivity contribution is -0.384. The van der Waals surface area contributed by atoms with Crippen LogP contribution in [0.15, 0.2) is 36.4 Å². The molecule has 0 aromatic heterocycles. The van der Waals surface area contributed by atoms with E-state index in [0.29, 0.717) is 10.7 Å². The smallest absolute Gasteiger partial charge is 0.271 e. The molecule has 140 valence electrons. The molecule has 2 aromatic rings. The summed E-state index contributed by atoms with van der Waals surface area (Å²) in [4.78, 5) is 36.3. The third-order valence-corrected chi connectivity index (χ3v) is 4.79. The lowest BCUT2D eigenvalue weighted by atomic mass is 10.1. The molecule has 1 N–H and O–H groups in total. The largest absolute Gasteiger partial charge is 0.323 e. The first-order valence-electron chi connectivity index (χ1n) is 8.07. The molecule has 7 nitrogen and oxygen atoms in total. The maximum absolute atomic E-state index is 13.9. The van der Waals surface area contributed by atoms with Crippen LogP contribution in [0.3, 0.4) is 0 Å². The van der Waals surface area contributed by atoms with Gasteiger partial charge in [0.1, 0.15) is 5.82 Å². The number of anilines is 2. The molecule has 0 spiro atoms. The van der Waals surface area contributed by atoms with Crippen LogP contribution in [0.1, 0.15) is 12.0 Å². The summed E-state index contributed by atoms with van der Waals surface area (Å²) in [6.07, 6.45) is -0.0477. The predicted molar refractivity (Wildman–Crippen MR) is 98.3 cm³/mol. The minimum atomic E-state index is -0.791. The van der Waals surface area contributed by atoms with E-state index in [9.17, 15) is 24.1 Å². The number of hydrogen-bond donors (Lipinski definition) is 1. The quantitative estimate of drug-likeness (QED) is 0.635. The number of amides is 2. The number of nitrogens with zero attached hydrogens (tertiary/aromatic N) is 2. The highest BCUT2D eigenvalue weighted by Crippen LogP contribution is 2.30. The zero-order chi connectivity index (χ0) is 19.7. The van der Waals surface area contributed by atoms with Gasteiger partial charge in [-0.3, -0.25) is 19.7 Å². The summed E-state index contributed by atoms with van der Waals surface area (Å²) in [5.41, 5.74) is 0.804. The van der Waals surface area contributed by atoms with Crippen molar-refractivity contribution in [2.45, 2.75) is 13.3 Å². The molecule has 0 radical (unpaired) electrons. The van der Waals surface area contributed by atoms with Gasteiger partial charge in [0.05, 0.1) is 16.5 Å². The van der Waals surface area contributed by atoms with Gasteiger partial charge in [-0.05, 0) is 30.7 Å². The van der Waals surface area contributed by atoms with Gasteiger partial charge in [0, 0.05) is 35.8 Å². The Morgan fingerprint density at radius 3 is 2.74 bits per heavy atom. The van der Waals surface area contributed by atoms with Crippen LogP contribution >= 0.6 is 11.6 Å². The minimum Gasteiger partial charge on any atom is -0.323 e. The number of benzene rings is 2. The van der Waals surface area contributed by atoms with Crippen molar-refractivity contribution in [2.24, 2.45) is 5.92 Å². The standard InChI is InChI=1S/C18H15ClFN3O4/c1-10-2-3-12(7-14(10)19)22-9-11(6-17(22)24)18(25)21-16-8-13(23(26)27)4-5-15(16)20/h2-5,7-8,11H,6,9H2,1H3,(H,21,25). The Morgan fingerprint density at radius 2 is 2.07 bits per heavy atom. The van der Waals surface area contributed by atoms with Crippen molar-refractivity contribution in [3.63, 3.8) is 0 Å². The van der Waals surface area contributed by atoms with Gasteiger partial charge in [-0.2, -0.15) is 0 Å². The monoisotopic (exact) mass is 391 g/mol. The number of rotatable bonds is 4. The molecule has 1 aliphatic heterocycles. The van der Waals surface area contributed by atoms with E-state index in [2.05, 4.69) is 5.32 Å². The highest BCUT2D eigenvalue weighted by atomic mass is 35.5. The zero-order valence-electron chi connectivity index (χ0n) is 14.2. The number of non-ortho nitro benzene ring substituents is 1. The van der Waals surface area contributed by atoms with E-state index in [-0.39, 0.29) is 30.2 Å². The van der Waals surface area contributed by atoms with Crippen LogP contribution in [0.2, 0.25) is 5.02 Å². The molecule has 27 heavy (non-hydrogen) atoms. The van der Waals surface area contributed by atoms with E-state index in [1.807, 2.05) is 6.92 Å². The summed E-state index contributed by atoms with van der Waals surface area (Å²) >= 11 is 6.09. The molecule has 1 fully saturated rings. The second-order valence-electron chi connectivity index (χ2n) is 6.25. The van der Waals surface area contributed by atoms with Crippen LogP contribution < -0.4 is 10.2 Å². The first-order chi connectivity index (χ1) is 12.8. The number of hydrogen-bond acceptors (Lipinski definition) is 4. The third-order valence-electron chi connectivity index (χ3n) is 4.38. The summed E-state index contributed by atoms with van der Waals surface area (Å²) in [5.74, 6) is -2.34. The van der Waals surface area contributed by atoms with E-state index in [0.717, 1.165) is 23.8 Å². The van der Waals surface area contributed by atoms with Gasteiger partial charge in [-0.15, -0.1) is 0 Å². The van der Waals surface area contributed by atoms with Crippen molar-refractivity contribution in [1.29, 1.82) is 0 Å². The molecular formula is C18H15ClFN3O4. The second-order valence-corrected chi connectivity index (χ2v) is 6.66. The van der Waals surface area contributed by atoms with Gasteiger partial charge in [-0.25, -0.2) is 4.39 Å². The fraction of sp³-hybridized carbons (Fsp3) is 0.222. The number of carbonyl (C=O) groups excluding carboxylic acids is 2. The average molecular weight is 392 g/mol. The molecule has 0 aliphatic carbocycles. The van der Waals surface area contributed by atoms with Crippen molar-refractivity contribution in [3.05, 3.63) is 62.9 Å². The molecule has 3 rings (SSSR count). The molecule has 1 atom stereocenters. The maximum atomic E-state index is 13.9. The number of halogens is 2. The highest BCUT2D eigenvalue weighted by Gasteiger charge is 2.35. The number of aryl methyl sites for hydroxylation is 1. The molecule has 1 unspecified atom stereocenters. The van der Waals surface area contributed by atoms with Crippen molar-refractivity contribution >= 4 is 40.5 Å². The van der Waals surface area contributed by atoms with E-state index >= 15 is 0 Å². The van der Waals surface area contributed by atoms with Crippen LogP contribution in [0.5, 0.6) is 0 Å². The minimum absolute atomic E-state index is 0.0477. The topological polar surface area (TPSA) is 92.6 Å². The first kappa shape index (κ1) is 18.8. The van der Waals surface area contributed by atoms with E-state index in [4.69, 9.17) is 11.6 Å². The summed E-state index contributed by atoms with van der Waals surface area (Å²) in [7, 11) is 0. The number of nitro groups is 1. The lowest BCUT2D eigenvalue weighted by Gasteiger charge is -2.17. The highest BCUT2D eigenvalue weighted by molar-refractivity contribution is 6.31. The van der Waals surface area contributed by atoms with Gasteiger partial charge < -0.3 is 10.2 Å². The Hall–Kier alpha value is -3.00. The molecule has 1 heterocycles. The molecule has 9 heteroatoms. The molecule has 1 saturated heterocycles. The van der Waals surface area contributed by atoms with Crippen LogP contribution in [0.4, 0.5) is 21.5 Å². The Labute approximate surface area is 158 Å². The summed E-state index contributed by atoms with van der Waals surface area (Å²) < 4.78 is 13.9. The summed E-state index contributed by atoms with van der Waals surface area (Å²) in [6.45, 7) is 1.95. The SMILES string of the molecule is Cc1ccc(N2CC(C(=O)Nc3cc([N+](=O)[O-])ccc3F)CC2=O)cc1Cl. The Bertz CT molecular complexity index is 950. The molecule has 0 saturated carbocycles. The van der Waals surface area contributed by atoms with Gasteiger partial charge in [-0.1, -0.05) is 17.7 Å². The molecular weight excluding hydrogens is 377 g/mol. The summed E-state index contributed by atoms with van der Waals surface area (Å²) in [6, 6.07) is 8.02. The predicted octanol–water partition coefficient (Wildman–Crippen LogP) is 3.69. The molecule has 0 bridgehead atoms. The summed E-state index contributed by atoms with van der Waals surface area (Å²) in [5, 5.41) is 13.7. The van der Waals surface area contributed by atoms with Gasteiger partial charge >= 0.3 is 0 Å². The first-order valence-corrected chi connectivity index (χ1v) is 8.45. The van der Waals surface area contributed by atoms with Crippen LogP contribution in [0.25, 0.3) is 0 Å². The number of nitrogens with one attached hydrogen (secondary N) is 1. The molecule has 1 aliphatic rings. The maximum Gasteiger partial charge on any atom is 0.271 e. The fourth-order valence-electron chi connectivity index (χ4n) is 2.84. The van der Waals surface area contributed by atoms with Crippen LogP contribution in [-0.4, -0.2) is 23.3 Å². The number of nitro benzene ring substituents is 1. The van der Waals surface area contributed by atoms with E-state index in [1.54, 1.807) is 18.2 Å². The molecule has 2 amide bonds. The Kier molecular flexibility index (Phi) is 5.09. The third kappa shape index (κ3) is 3.90. The Balaban J connectivity index is 1.75. The van der Waals surface area contributed by atoms with Crippen molar-refractivity contribution in [3.8, 4) is 0 Å². The van der Waals surface area contributed by atoms with Crippen molar-refractivity contribution in [1.82, 2.24) is 0 Å². The van der Waals surface area contributed by atoms with Crippen molar-refractivity contribution in [2.75, 3.05) is 16.8 Å². The number of carbonyl (C=O) groups is 2. The van der Waals surface area contributed by atoms with Gasteiger partial charge in [0.2, 0.25) is 11.8 Å². The van der Waals surface area contributed by atoms with E-state index < -0.39 is 22.6 Å². The van der Waals surface area contributed by atoms with Crippen LogP contribution in [0, 0.1) is 28.8 Å². The lowest BCUT2D eigenvalue weighted by Crippen LogP contribution is -2.28. The molecule has 2 aromatic carbocycles. The van der Waals surface area contributed by atoms with Gasteiger partial charge in [0.15, 0.2) is 0 Å². The fourth-order valence-corrected chi connectivity index (χ4v) is 3.01. The second kappa shape index (κ2) is 7.32. The van der Waals surface area contributed by atoms with Crippen LogP contribution in [-0.2, 0) is 9.59 Å². The zero-order valence-corrected chi connectivity index (χ0v) is 15.0. The normalized spacial score (nSPS) is 16.5. The Morgan fingerprint density at radius 1 is 1.33 bits per heavy atom. The average Bonchev–Trinajstić information content (AvgIpc) is 3.01. The van der Waals surface area contributed by atoms with Crippen molar-refractivity contribution < 1.29 is 18.9 Å². The van der Waals surface area contributed by atoms with E-state index in [1.165, 1.54) is 4.90 Å².